The standard InChI is InChI=1S/C11H12N2S/c1-8(2)10-12-13-11(14-10)9-6-4-3-5-7-9/h3-8H,1-2H3. The third kappa shape index (κ3) is 1.82. The minimum atomic E-state index is 0.463. The van der Waals surface area contributed by atoms with Crippen LogP contribution in [0.4, 0.5) is 0 Å². The maximum absolute atomic E-state index is 4.18. The molecule has 2 nitrogen and oxygen atoms in total. The Hall–Kier alpha value is -1.22. The van der Waals surface area contributed by atoms with Crippen LogP contribution in [0.1, 0.15) is 24.8 Å². The fourth-order valence-corrected chi connectivity index (χ4v) is 2.02. The van der Waals surface area contributed by atoms with Crippen LogP contribution >= 0.6 is 11.3 Å². The molecule has 0 amide bonds. The van der Waals surface area contributed by atoms with Crippen LogP contribution < -0.4 is 0 Å². The van der Waals surface area contributed by atoms with E-state index in [1.54, 1.807) is 11.3 Å². The van der Waals surface area contributed by atoms with Gasteiger partial charge in [0.05, 0.1) is 0 Å². The van der Waals surface area contributed by atoms with Crippen LogP contribution in [0.2, 0.25) is 0 Å². The second kappa shape index (κ2) is 3.88. The van der Waals surface area contributed by atoms with Crippen LogP contribution in [-0.2, 0) is 0 Å². The second-order valence-corrected chi connectivity index (χ2v) is 4.48. The molecule has 72 valence electrons. The normalized spacial score (nSPS) is 10.8. The summed E-state index contributed by atoms with van der Waals surface area (Å²) < 4.78 is 0. The van der Waals surface area contributed by atoms with Gasteiger partial charge in [0.2, 0.25) is 0 Å². The largest absolute Gasteiger partial charge is 0.147 e. The molecule has 1 aromatic heterocycles. The van der Waals surface area contributed by atoms with E-state index < -0.39 is 0 Å². The van der Waals surface area contributed by atoms with Crippen molar-refractivity contribution in [2.75, 3.05) is 0 Å². The molecule has 3 heteroatoms. The van der Waals surface area contributed by atoms with Crippen molar-refractivity contribution in [3.63, 3.8) is 0 Å². The van der Waals surface area contributed by atoms with Gasteiger partial charge in [0.15, 0.2) is 0 Å². The molecular weight excluding hydrogens is 192 g/mol. The molecule has 0 fully saturated rings. The Labute approximate surface area is 87.6 Å². The summed E-state index contributed by atoms with van der Waals surface area (Å²) in [5, 5.41) is 10.4. The van der Waals surface area contributed by atoms with Gasteiger partial charge in [-0.15, -0.1) is 10.2 Å². The SMILES string of the molecule is CC(C)c1nnc(-c2ccccc2)s1. The van der Waals surface area contributed by atoms with Crippen molar-refractivity contribution >= 4 is 11.3 Å². The monoisotopic (exact) mass is 204 g/mol. The van der Waals surface area contributed by atoms with Crippen molar-refractivity contribution in [1.29, 1.82) is 0 Å². The van der Waals surface area contributed by atoms with E-state index in [1.807, 2.05) is 18.2 Å². The summed E-state index contributed by atoms with van der Waals surface area (Å²) in [4.78, 5) is 0. The maximum Gasteiger partial charge on any atom is 0.147 e. The molecule has 0 saturated heterocycles. The van der Waals surface area contributed by atoms with Crippen LogP contribution in [0.15, 0.2) is 30.3 Å². The molecule has 1 heterocycles. The Kier molecular flexibility index (Phi) is 2.59. The first-order chi connectivity index (χ1) is 6.77. The van der Waals surface area contributed by atoms with Gasteiger partial charge in [-0.25, -0.2) is 0 Å². The van der Waals surface area contributed by atoms with Gasteiger partial charge in [-0.1, -0.05) is 55.5 Å². The number of benzene rings is 1. The van der Waals surface area contributed by atoms with Crippen LogP contribution in [0.5, 0.6) is 0 Å². The Bertz CT molecular complexity index is 406. The molecule has 1 aromatic carbocycles. The molecule has 14 heavy (non-hydrogen) atoms. The van der Waals surface area contributed by atoms with Gasteiger partial charge in [-0.3, -0.25) is 0 Å². The predicted molar refractivity (Wildman–Crippen MR) is 59.4 cm³/mol. The number of rotatable bonds is 2. The Morgan fingerprint density at radius 1 is 1.07 bits per heavy atom. The zero-order chi connectivity index (χ0) is 9.97. The molecule has 2 aromatic rings. The zero-order valence-corrected chi connectivity index (χ0v) is 9.08. The molecule has 0 aliphatic rings. The van der Waals surface area contributed by atoms with Crippen molar-refractivity contribution in [3.05, 3.63) is 35.3 Å². The summed E-state index contributed by atoms with van der Waals surface area (Å²) in [7, 11) is 0. The van der Waals surface area contributed by atoms with Gasteiger partial charge in [-0.05, 0) is 0 Å². The highest BCUT2D eigenvalue weighted by Crippen LogP contribution is 2.26. The summed E-state index contributed by atoms with van der Waals surface area (Å²) in [6.45, 7) is 4.27. The average Bonchev–Trinajstić information content (AvgIpc) is 2.68. The number of hydrogen-bond donors (Lipinski definition) is 0. The third-order valence-electron chi connectivity index (χ3n) is 1.96. The van der Waals surface area contributed by atoms with Gasteiger partial charge >= 0.3 is 0 Å². The Balaban J connectivity index is 2.34. The number of nitrogens with zero attached hydrogens (tertiary/aromatic N) is 2. The zero-order valence-electron chi connectivity index (χ0n) is 8.27. The van der Waals surface area contributed by atoms with Crippen molar-refractivity contribution in [2.24, 2.45) is 0 Å². The molecule has 0 bridgehead atoms. The van der Waals surface area contributed by atoms with Crippen molar-refractivity contribution in [2.45, 2.75) is 19.8 Å². The molecule has 0 unspecified atom stereocenters. The molecule has 2 rings (SSSR count). The fraction of sp³-hybridized carbons (Fsp3) is 0.273. The van der Waals surface area contributed by atoms with Gasteiger partial charge < -0.3 is 0 Å². The highest BCUT2D eigenvalue weighted by molar-refractivity contribution is 7.14. The van der Waals surface area contributed by atoms with E-state index in [-0.39, 0.29) is 0 Å². The molecule has 0 spiro atoms. The van der Waals surface area contributed by atoms with Crippen LogP contribution in [0, 0.1) is 0 Å². The smallest absolute Gasteiger partial charge is 0.143 e. The summed E-state index contributed by atoms with van der Waals surface area (Å²) in [5.41, 5.74) is 1.15. The summed E-state index contributed by atoms with van der Waals surface area (Å²) in [6.07, 6.45) is 0. The first-order valence-corrected chi connectivity index (χ1v) is 5.48. The van der Waals surface area contributed by atoms with E-state index in [0.717, 1.165) is 15.6 Å². The topological polar surface area (TPSA) is 25.8 Å². The molecule has 0 aliphatic carbocycles. The second-order valence-electron chi connectivity index (χ2n) is 3.47. The Morgan fingerprint density at radius 3 is 2.36 bits per heavy atom. The molecule has 0 N–H and O–H groups in total. The van der Waals surface area contributed by atoms with Crippen LogP contribution in [0.3, 0.4) is 0 Å². The van der Waals surface area contributed by atoms with Crippen molar-refractivity contribution in [3.8, 4) is 10.6 Å². The van der Waals surface area contributed by atoms with E-state index in [2.05, 4.69) is 36.2 Å². The van der Waals surface area contributed by atoms with Crippen molar-refractivity contribution < 1.29 is 0 Å². The van der Waals surface area contributed by atoms with E-state index in [4.69, 9.17) is 0 Å². The first-order valence-electron chi connectivity index (χ1n) is 4.66. The first kappa shape index (κ1) is 9.34. The lowest BCUT2D eigenvalue weighted by atomic mass is 10.2. The van der Waals surface area contributed by atoms with E-state index in [9.17, 15) is 0 Å². The third-order valence-corrected chi connectivity index (χ3v) is 3.23. The molecule has 0 aliphatic heterocycles. The predicted octanol–water partition coefficient (Wildman–Crippen LogP) is 3.33. The van der Waals surface area contributed by atoms with Crippen molar-refractivity contribution in [1.82, 2.24) is 10.2 Å². The van der Waals surface area contributed by atoms with Gasteiger partial charge in [0, 0.05) is 11.5 Å². The maximum atomic E-state index is 4.18. The van der Waals surface area contributed by atoms with Gasteiger partial charge in [-0.2, -0.15) is 0 Å². The fourth-order valence-electron chi connectivity index (χ4n) is 1.17. The van der Waals surface area contributed by atoms with E-state index >= 15 is 0 Å². The van der Waals surface area contributed by atoms with E-state index in [1.165, 1.54) is 0 Å². The summed E-state index contributed by atoms with van der Waals surface area (Å²) in [6, 6.07) is 10.2. The van der Waals surface area contributed by atoms with E-state index in [0.29, 0.717) is 5.92 Å². The highest BCUT2D eigenvalue weighted by Gasteiger charge is 2.08. The van der Waals surface area contributed by atoms with Gasteiger partial charge in [0.25, 0.3) is 0 Å². The van der Waals surface area contributed by atoms with Crippen LogP contribution in [-0.4, -0.2) is 10.2 Å². The molecule has 0 atom stereocenters. The quantitative estimate of drug-likeness (QED) is 0.750. The Morgan fingerprint density at radius 2 is 1.79 bits per heavy atom. The number of aromatic nitrogens is 2. The minimum Gasteiger partial charge on any atom is -0.143 e. The highest BCUT2D eigenvalue weighted by atomic mass is 32.1. The lowest BCUT2D eigenvalue weighted by molar-refractivity contribution is 0.825. The summed E-state index contributed by atoms with van der Waals surface area (Å²) in [5.74, 6) is 0.463. The molecule has 0 saturated carbocycles. The lowest BCUT2D eigenvalue weighted by Crippen LogP contribution is -1.83. The molecule has 0 radical (unpaired) electrons. The lowest BCUT2D eigenvalue weighted by Gasteiger charge is -1.94. The number of hydrogen-bond acceptors (Lipinski definition) is 3. The minimum absolute atomic E-state index is 0.463. The molecular formula is C11H12N2S. The van der Waals surface area contributed by atoms with Gasteiger partial charge in [0.1, 0.15) is 10.0 Å². The summed E-state index contributed by atoms with van der Waals surface area (Å²) >= 11 is 1.67. The average molecular weight is 204 g/mol. The van der Waals surface area contributed by atoms with Crippen LogP contribution in [0.25, 0.3) is 10.6 Å².